The van der Waals surface area contributed by atoms with Gasteiger partial charge in [-0.05, 0) is 23.8 Å². The average molecular weight is 269 g/mol. The molecule has 0 saturated heterocycles. The molecule has 0 atom stereocenters. The Bertz CT molecular complexity index is 479. The van der Waals surface area contributed by atoms with Gasteiger partial charge in [-0.1, -0.05) is 22.0 Å². The van der Waals surface area contributed by atoms with Gasteiger partial charge >= 0.3 is 0 Å². The summed E-state index contributed by atoms with van der Waals surface area (Å²) in [6.07, 6.45) is 2.28. The Morgan fingerprint density at radius 3 is 2.80 bits per heavy atom. The van der Waals surface area contributed by atoms with Gasteiger partial charge in [0, 0.05) is 29.8 Å². The Morgan fingerprint density at radius 2 is 2.20 bits per heavy atom. The molecule has 0 bridgehead atoms. The minimum absolute atomic E-state index is 0.189. The van der Waals surface area contributed by atoms with E-state index in [-0.39, 0.29) is 5.82 Å². The number of halogens is 2. The quantitative estimate of drug-likeness (QED) is 0.819. The third kappa shape index (κ3) is 2.26. The van der Waals surface area contributed by atoms with Crippen LogP contribution in [0.4, 0.5) is 4.39 Å². The molecule has 0 aliphatic heterocycles. The normalized spacial score (nSPS) is 10.6. The highest BCUT2D eigenvalue weighted by Gasteiger charge is 2.06. The monoisotopic (exact) mass is 268 g/mol. The van der Waals surface area contributed by atoms with E-state index >= 15 is 0 Å². The molecular weight excluding hydrogens is 259 g/mol. The van der Waals surface area contributed by atoms with Crippen LogP contribution < -0.4 is 0 Å². The van der Waals surface area contributed by atoms with Gasteiger partial charge < -0.3 is 0 Å². The number of hydrogen-bond donors (Lipinski definition) is 0. The smallest absolute Gasteiger partial charge is 0.127 e. The van der Waals surface area contributed by atoms with E-state index in [0.717, 1.165) is 10.2 Å². The maximum Gasteiger partial charge on any atom is 0.127 e. The summed E-state index contributed by atoms with van der Waals surface area (Å²) in [4.78, 5) is 0. The highest BCUT2D eigenvalue weighted by molar-refractivity contribution is 9.10. The van der Waals surface area contributed by atoms with Crippen LogP contribution in [0.1, 0.15) is 11.3 Å². The van der Waals surface area contributed by atoms with Crippen molar-refractivity contribution in [3.8, 4) is 0 Å². The average Bonchev–Trinajstić information content (AvgIpc) is 2.57. The van der Waals surface area contributed by atoms with Crippen molar-refractivity contribution < 1.29 is 4.39 Å². The van der Waals surface area contributed by atoms with E-state index in [4.69, 9.17) is 0 Å². The van der Waals surface area contributed by atoms with Crippen molar-refractivity contribution in [2.75, 3.05) is 0 Å². The molecule has 0 aliphatic rings. The highest BCUT2D eigenvalue weighted by Crippen LogP contribution is 2.17. The van der Waals surface area contributed by atoms with Gasteiger partial charge in [0.15, 0.2) is 0 Å². The molecule has 4 heteroatoms. The standard InChI is InChI=1S/C11H10BrFN2/c1-15-10(4-5-14-15)6-8-2-3-9(12)7-11(8)13/h2-5,7H,6H2,1H3. The first kappa shape index (κ1) is 10.4. The minimum Gasteiger partial charge on any atom is -0.272 e. The lowest BCUT2D eigenvalue weighted by Gasteiger charge is -2.04. The second kappa shape index (κ2) is 4.14. The first-order valence-electron chi connectivity index (χ1n) is 4.57. The number of nitrogens with zero attached hydrogens (tertiary/aromatic N) is 2. The molecule has 0 aliphatic carbocycles. The van der Waals surface area contributed by atoms with Crippen LogP contribution >= 0.6 is 15.9 Å². The Labute approximate surface area is 95.9 Å². The zero-order valence-electron chi connectivity index (χ0n) is 8.24. The van der Waals surface area contributed by atoms with Crippen molar-refractivity contribution in [2.24, 2.45) is 7.05 Å². The summed E-state index contributed by atoms with van der Waals surface area (Å²) in [6, 6.07) is 6.99. The van der Waals surface area contributed by atoms with Crippen LogP contribution in [0.2, 0.25) is 0 Å². The molecular formula is C11H10BrFN2. The SMILES string of the molecule is Cn1nccc1Cc1ccc(Br)cc1F. The van der Waals surface area contributed by atoms with Crippen molar-refractivity contribution in [3.63, 3.8) is 0 Å². The van der Waals surface area contributed by atoms with E-state index in [1.165, 1.54) is 6.07 Å². The van der Waals surface area contributed by atoms with Crippen LogP contribution in [-0.2, 0) is 13.5 Å². The number of aromatic nitrogens is 2. The second-order valence-electron chi connectivity index (χ2n) is 3.36. The third-order valence-electron chi connectivity index (χ3n) is 2.31. The molecule has 1 aromatic heterocycles. The lowest BCUT2D eigenvalue weighted by Crippen LogP contribution is -2.00. The number of rotatable bonds is 2. The van der Waals surface area contributed by atoms with E-state index in [9.17, 15) is 4.39 Å². The maximum absolute atomic E-state index is 13.5. The van der Waals surface area contributed by atoms with Crippen LogP contribution in [0.15, 0.2) is 34.9 Å². The first-order chi connectivity index (χ1) is 7.16. The summed E-state index contributed by atoms with van der Waals surface area (Å²) in [5.74, 6) is -0.189. The van der Waals surface area contributed by atoms with Gasteiger partial charge in [0.1, 0.15) is 5.82 Å². The van der Waals surface area contributed by atoms with Gasteiger partial charge in [0.2, 0.25) is 0 Å². The molecule has 0 fully saturated rings. The second-order valence-corrected chi connectivity index (χ2v) is 4.27. The molecule has 2 nitrogen and oxygen atoms in total. The first-order valence-corrected chi connectivity index (χ1v) is 5.37. The molecule has 1 heterocycles. The molecule has 0 saturated carbocycles. The summed E-state index contributed by atoms with van der Waals surface area (Å²) in [5.41, 5.74) is 1.68. The molecule has 0 spiro atoms. The largest absolute Gasteiger partial charge is 0.272 e. The maximum atomic E-state index is 13.5. The molecule has 0 N–H and O–H groups in total. The molecule has 2 aromatic rings. The fourth-order valence-electron chi connectivity index (χ4n) is 1.43. The van der Waals surface area contributed by atoms with Gasteiger partial charge in [0.05, 0.1) is 0 Å². The van der Waals surface area contributed by atoms with Gasteiger partial charge in [-0.15, -0.1) is 0 Å². The minimum atomic E-state index is -0.189. The zero-order chi connectivity index (χ0) is 10.8. The molecule has 0 unspecified atom stereocenters. The fourth-order valence-corrected chi connectivity index (χ4v) is 1.77. The molecule has 78 valence electrons. The topological polar surface area (TPSA) is 17.8 Å². The van der Waals surface area contributed by atoms with Crippen LogP contribution in [-0.4, -0.2) is 9.78 Å². The zero-order valence-corrected chi connectivity index (χ0v) is 9.83. The van der Waals surface area contributed by atoms with E-state index in [2.05, 4.69) is 21.0 Å². The summed E-state index contributed by atoms with van der Waals surface area (Å²) in [5, 5.41) is 4.04. The van der Waals surface area contributed by atoms with E-state index in [1.807, 2.05) is 19.2 Å². The molecule has 2 rings (SSSR count). The molecule has 1 aromatic carbocycles. The lowest BCUT2D eigenvalue weighted by atomic mass is 10.1. The number of benzene rings is 1. The van der Waals surface area contributed by atoms with Crippen molar-refractivity contribution in [1.82, 2.24) is 9.78 Å². The Kier molecular flexibility index (Phi) is 2.86. The van der Waals surface area contributed by atoms with Crippen molar-refractivity contribution in [1.29, 1.82) is 0 Å². The predicted molar refractivity (Wildman–Crippen MR) is 60.1 cm³/mol. The molecule has 0 radical (unpaired) electrons. The van der Waals surface area contributed by atoms with Gasteiger partial charge in [-0.25, -0.2) is 4.39 Å². The van der Waals surface area contributed by atoms with Crippen LogP contribution in [0.3, 0.4) is 0 Å². The third-order valence-corrected chi connectivity index (χ3v) is 2.80. The summed E-state index contributed by atoms with van der Waals surface area (Å²) in [7, 11) is 1.85. The van der Waals surface area contributed by atoms with Crippen LogP contribution in [0.25, 0.3) is 0 Å². The fraction of sp³-hybridized carbons (Fsp3) is 0.182. The van der Waals surface area contributed by atoms with Crippen molar-refractivity contribution >= 4 is 15.9 Å². The van der Waals surface area contributed by atoms with Crippen LogP contribution in [0.5, 0.6) is 0 Å². The Balaban J connectivity index is 2.29. The van der Waals surface area contributed by atoms with Crippen molar-refractivity contribution in [3.05, 3.63) is 52.0 Å². The summed E-state index contributed by atoms with van der Waals surface area (Å²) < 4.78 is 16.0. The van der Waals surface area contributed by atoms with Crippen LogP contribution in [0, 0.1) is 5.82 Å². The Hall–Kier alpha value is -1.16. The molecule has 0 amide bonds. The van der Waals surface area contributed by atoms with Gasteiger partial charge in [0.25, 0.3) is 0 Å². The lowest BCUT2D eigenvalue weighted by molar-refractivity contribution is 0.608. The molecule has 15 heavy (non-hydrogen) atoms. The van der Waals surface area contributed by atoms with E-state index < -0.39 is 0 Å². The van der Waals surface area contributed by atoms with E-state index in [0.29, 0.717) is 12.0 Å². The highest BCUT2D eigenvalue weighted by atomic mass is 79.9. The van der Waals surface area contributed by atoms with E-state index in [1.54, 1.807) is 16.9 Å². The predicted octanol–water partition coefficient (Wildman–Crippen LogP) is 2.91. The summed E-state index contributed by atoms with van der Waals surface area (Å²) >= 11 is 3.23. The Morgan fingerprint density at radius 1 is 1.40 bits per heavy atom. The number of hydrogen-bond acceptors (Lipinski definition) is 1. The van der Waals surface area contributed by atoms with Crippen molar-refractivity contribution in [2.45, 2.75) is 6.42 Å². The van der Waals surface area contributed by atoms with Gasteiger partial charge in [-0.2, -0.15) is 5.10 Å². The number of aryl methyl sites for hydroxylation is 1. The van der Waals surface area contributed by atoms with Gasteiger partial charge in [-0.3, -0.25) is 4.68 Å². The summed E-state index contributed by atoms with van der Waals surface area (Å²) in [6.45, 7) is 0.